The van der Waals surface area contributed by atoms with E-state index in [1.165, 1.54) is 22.3 Å². The first-order valence-electron chi connectivity index (χ1n) is 7.47. The quantitative estimate of drug-likeness (QED) is 0.658. The highest BCUT2D eigenvalue weighted by molar-refractivity contribution is 7.17. The molecule has 1 aromatic heterocycles. The highest BCUT2D eigenvalue weighted by atomic mass is 32.1. The predicted octanol–water partition coefficient (Wildman–Crippen LogP) is 4.98. The minimum absolute atomic E-state index is 0.188. The van der Waals surface area contributed by atoms with Crippen LogP contribution in [0.5, 0.6) is 5.75 Å². The zero-order valence-corrected chi connectivity index (χ0v) is 14.4. The zero-order chi connectivity index (χ0) is 18.0. The molecule has 1 heterocycles. The van der Waals surface area contributed by atoms with Crippen LogP contribution in [-0.4, -0.2) is 20.1 Å². The molecule has 6 heteroatoms. The lowest BCUT2D eigenvalue weighted by Crippen LogP contribution is -2.25. The topological polar surface area (TPSA) is 29.5 Å². The Hall–Kier alpha value is -2.73. The summed E-state index contributed by atoms with van der Waals surface area (Å²) in [5.41, 5.74) is 1.24. The van der Waals surface area contributed by atoms with Crippen molar-refractivity contribution in [3.8, 4) is 16.2 Å². The Bertz CT molecular complexity index is 923. The van der Waals surface area contributed by atoms with Crippen LogP contribution >= 0.6 is 11.3 Å². The number of hydrogen-bond donors (Lipinski definition) is 0. The Morgan fingerprint density at radius 2 is 1.84 bits per heavy atom. The average molecular weight is 359 g/mol. The Morgan fingerprint density at radius 1 is 1.04 bits per heavy atom. The number of carbonyl (C=O) groups is 1. The highest BCUT2D eigenvalue weighted by Gasteiger charge is 2.17. The van der Waals surface area contributed by atoms with Crippen LogP contribution < -0.4 is 9.64 Å². The molecule has 0 aliphatic carbocycles. The van der Waals surface area contributed by atoms with E-state index in [9.17, 15) is 13.6 Å². The summed E-state index contributed by atoms with van der Waals surface area (Å²) < 4.78 is 31.6. The van der Waals surface area contributed by atoms with Gasteiger partial charge in [0.15, 0.2) is 11.6 Å². The maximum absolute atomic E-state index is 13.4. The van der Waals surface area contributed by atoms with Crippen LogP contribution in [0.2, 0.25) is 0 Å². The molecule has 0 spiro atoms. The Morgan fingerprint density at radius 3 is 2.56 bits per heavy atom. The normalized spacial score (nSPS) is 10.6. The van der Waals surface area contributed by atoms with Gasteiger partial charge >= 0.3 is 0 Å². The number of carbonyl (C=O) groups excluding carboxylic acids is 1. The third kappa shape index (κ3) is 3.53. The number of hydrogen-bond acceptors (Lipinski definition) is 3. The van der Waals surface area contributed by atoms with E-state index < -0.39 is 11.6 Å². The van der Waals surface area contributed by atoms with Gasteiger partial charge < -0.3 is 9.64 Å². The first kappa shape index (κ1) is 17.1. The second-order valence-electron chi connectivity index (χ2n) is 5.36. The third-order valence-electron chi connectivity index (χ3n) is 3.77. The number of methoxy groups -OCH3 is 1. The summed E-state index contributed by atoms with van der Waals surface area (Å²) in [6, 6.07) is 14.3. The fourth-order valence-electron chi connectivity index (χ4n) is 2.36. The molecular formula is C19H15F2NO2S. The van der Waals surface area contributed by atoms with Gasteiger partial charge in [-0.2, -0.15) is 0 Å². The molecule has 0 fully saturated rings. The molecule has 0 bridgehead atoms. The van der Waals surface area contributed by atoms with Crippen molar-refractivity contribution >= 4 is 22.9 Å². The second kappa shape index (κ2) is 7.03. The van der Waals surface area contributed by atoms with E-state index in [1.807, 2.05) is 6.07 Å². The minimum atomic E-state index is -0.910. The number of ether oxygens (including phenoxy) is 1. The van der Waals surface area contributed by atoms with E-state index in [0.29, 0.717) is 26.8 Å². The molecule has 0 aliphatic rings. The largest absolute Gasteiger partial charge is 0.497 e. The van der Waals surface area contributed by atoms with E-state index in [0.717, 1.165) is 12.1 Å². The van der Waals surface area contributed by atoms with Crippen molar-refractivity contribution in [1.82, 2.24) is 0 Å². The summed E-state index contributed by atoms with van der Waals surface area (Å²) >= 11 is 1.23. The number of anilines is 1. The molecule has 2 aromatic carbocycles. The summed E-state index contributed by atoms with van der Waals surface area (Å²) in [7, 11) is 3.24. The summed E-state index contributed by atoms with van der Waals surface area (Å²) in [4.78, 5) is 15.4. The van der Waals surface area contributed by atoms with Gasteiger partial charge in [-0.1, -0.05) is 12.1 Å². The maximum atomic E-state index is 13.4. The van der Waals surface area contributed by atoms with Crippen molar-refractivity contribution in [2.45, 2.75) is 0 Å². The SMILES string of the molecule is COc1cccc(N(C)C(=O)c2ccc(-c3ccc(F)c(F)c3)s2)c1. The van der Waals surface area contributed by atoms with E-state index in [2.05, 4.69) is 0 Å². The van der Waals surface area contributed by atoms with Crippen LogP contribution in [-0.2, 0) is 0 Å². The van der Waals surface area contributed by atoms with Crippen LogP contribution in [0, 0.1) is 11.6 Å². The second-order valence-corrected chi connectivity index (χ2v) is 6.44. The lowest BCUT2D eigenvalue weighted by molar-refractivity contribution is 0.0997. The van der Waals surface area contributed by atoms with Gasteiger partial charge in [-0.3, -0.25) is 4.79 Å². The maximum Gasteiger partial charge on any atom is 0.268 e. The Labute approximate surface area is 148 Å². The van der Waals surface area contributed by atoms with E-state index >= 15 is 0 Å². The van der Waals surface area contributed by atoms with Crippen molar-refractivity contribution in [3.05, 3.63) is 71.1 Å². The lowest BCUT2D eigenvalue weighted by atomic mass is 10.2. The standard InChI is InChI=1S/C19H15F2NO2S/c1-22(13-4-3-5-14(11-13)24-2)19(23)18-9-8-17(25-18)12-6-7-15(20)16(21)10-12/h3-11H,1-2H3. The molecule has 3 nitrogen and oxygen atoms in total. The molecule has 0 saturated carbocycles. The molecule has 0 aliphatic heterocycles. The molecule has 25 heavy (non-hydrogen) atoms. The van der Waals surface area contributed by atoms with Crippen LogP contribution in [0.3, 0.4) is 0 Å². The number of benzene rings is 2. The number of rotatable bonds is 4. The smallest absolute Gasteiger partial charge is 0.268 e. The predicted molar refractivity (Wildman–Crippen MR) is 95.4 cm³/mol. The molecule has 3 aromatic rings. The van der Waals surface area contributed by atoms with Gasteiger partial charge in [0, 0.05) is 23.7 Å². The molecule has 0 atom stereocenters. The number of thiophene rings is 1. The Balaban J connectivity index is 1.85. The number of halogens is 2. The van der Waals surface area contributed by atoms with Gasteiger partial charge in [0.25, 0.3) is 5.91 Å². The fraction of sp³-hybridized carbons (Fsp3) is 0.105. The molecule has 128 valence electrons. The highest BCUT2D eigenvalue weighted by Crippen LogP contribution is 2.31. The van der Waals surface area contributed by atoms with Crippen LogP contribution in [0.15, 0.2) is 54.6 Å². The van der Waals surface area contributed by atoms with E-state index in [-0.39, 0.29) is 5.91 Å². The summed E-state index contributed by atoms with van der Waals surface area (Å²) in [6.45, 7) is 0. The number of amides is 1. The minimum Gasteiger partial charge on any atom is -0.497 e. The van der Waals surface area contributed by atoms with Crippen LogP contribution in [0.4, 0.5) is 14.5 Å². The molecule has 0 radical (unpaired) electrons. The van der Waals surface area contributed by atoms with Gasteiger partial charge in [-0.15, -0.1) is 11.3 Å². The molecule has 0 saturated heterocycles. The summed E-state index contributed by atoms with van der Waals surface area (Å²) in [5, 5.41) is 0. The molecule has 0 unspecified atom stereocenters. The molecule has 0 N–H and O–H groups in total. The van der Waals surface area contributed by atoms with Gasteiger partial charge in [-0.05, 0) is 42.0 Å². The molecule has 3 rings (SSSR count). The van der Waals surface area contributed by atoms with Gasteiger partial charge in [-0.25, -0.2) is 8.78 Å². The average Bonchev–Trinajstić information content (AvgIpc) is 3.13. The van der Waals surface area contributed by atoms with Crippen molar-refractivity contribution in [2.24, 2.45) is 0 Å². The first-order valence-corrected chi connectivity index (χ1v) is 8.28. The van der Waals surface area contributed by atoms with Gasteiger partial charge in [0.1, 0.15) is 5.75 Å². The van der Waals surface area contributed by atoms with E-state index in [1.54, 1.807) is 44.5 Å². The first-order chi connectivity index (χ1) is 12.0. The van der Waals surface area contributed by atoms with Crippen LogP contribution in [0.25, 0.3) is 10.4 Å². The summed E-state index contributed by atoms with van der Waals surface area (Å²) in [5.74, 6) is -1.33. The monoisotopic (exact) mass is 359 g/mol. The van der Waals surface area contributed by atoms with Crippen molar-refractivity contribution in [3.63, 3.8) is 0 Å². The van der Waals surface area contributed by atoms with Crippen molar-refractivity contribution in [2.75, 3.05) is 19.1 Å². The van der Waals surface area contributed by atoms with Crippen LogP contribution in [0.1, 0.15) is 9.67 Å². The van der Waals surface area contributed by atoms with Crippen molar-refractivity contribution < 1.29 is 18.3 Å². The molecule has 1 amide bonds. The summed E-state index contributed by atoms with van der Waals surface area (Å²) in [6.07, 6.45) is 0. The van der Waals surface area contributed by atoms with Crippen molar-refractivity contribution in [1.29, 1.82) is 0 Å². The number of nitrogens with zero attached hydrogens (tertiary/aromatic N) is 1. The van der Waals surface area contributed by atoms with Gasteiger partial charge in [0.05, 0.1) is 12.0 Å². The molecular weight excluding hydrogens is 344 g/mol. The van der Waals surface area contributed by atoms with E-state index in [4.69, 9.17) is 4.74 Å². The Kier molecular flexibility index (Phi) is 4.81. The zero-order valence-electron chi connectivity index (χ0n) is 13.6. The fourth-order valence-corrected chi connectivity index (χ4v) is 3.34. The van der Waals surface area contributed by atoms with Gasteiger partial charge in [0.2, 0.25) is 0 Å². The third-order valence-corrected chi connectivity index (χ3v) is 4.89. The lowest BCUT2D eigenvalue weighted by Gasteiger charge is -2.17.